The van der Waals surface area contributed by atoms with Gasteiger partial charge in [-0.25, -0.2) is 4.79 Å². The second-order valence-corrected chi connectivity index (χ2v) is 9.37. The van der Waals surface area contributed by atoms with E-state index in [1.54, 1.807) is 28.5 Å². The van der Waals surface area contributed by atoms with E-state index in [2.05, 4.69) is 0 Å². The van der Waals surface area contributed by atoms with E-state index in [0.717, 1.165) is 31.4 Å². The molecular weight excluding hydrogens is 426 g/mol. The van der Waals surface area contributed by atoms with Crippen LogP contribution < -0.4 is 0 Å². The summed E-state index contributed by atoms with van der Waals surface area (Å²) >= 11 is 0. The molecule has 3 aliphatic heterocycles. The molecule has 0 aromatic carbocycles. The summed E-state index contributed by atoms with van der Waals surface area (Å²) in [4.78, 5) is 56.9. The minimum absolute atomic E-state index is 0.0393. The Morgan fingerprint density at radius 3 is 2.30 bits per heavy atom. The van der Waals surface area contributed by atoms with Gasteiger partial charge in [0.15, 0.2) is 0 Å². The average Bonchev–Trinajstić information content (AvgIpc) is 2.82. The van der Waals surface area contributed by atoms with Gasteiger partial charge in [0.25, 0.3) is 0 Å². The highest BCUT2D eigenvalue weighted by atomic mass is 16.6. The largest absolute Gasteiger partial charge is 0.465 e. The maximum absolute atomic E-state index is 13.4. The van der Waals surface area contributed by atoms with Gasteiger partial charge in [-0.1, -0.05) is 0 Å². The molecule has 0 aromatic rings. The van der Waals surface area contributed by atoms with Crippen LogP contribution in [-0.4, -0.2) is 84.5 Å². The lowest BCUT2D eigenvalue weighted by Gasteiger charge is -2.51. The molecule has 0 saturated carbocycles. The fourth-order valence-electron chi connectivity index (χ4n) is 5.99. The highest BCUT2D eigenvalue weighted by Crippen LogP contribution is 2.54. The van der Waals surface area contributed by atoms with Gasteiger partial charge in [-0.3, -0.25) is 14.4 Å². The van der Waals surface area contributed by atoms with Gasteiger partial charge in [0.1, 0.15) is 5.41 Å². The van der Waals surface area contributed by atoms with E-state index in [1.165, 1.54) is 5.57 Å². The third-order valence-corrected chi connectivity index (χ3v) is 7.46. The van der Waals surface area contributed by atoms with Crippen LogP contribution in [0.25, 0.3) is 0 Å². The van der Waals surface area contributed by atoms with E-state index >= 15 is 0 Å². The fourth-order valence-corrected chi connectivity index (χ4v) is 5.99. The van der Waals surface area contributed by atoms with Gasteiger partial charge in [0.05, 0.1) is 13.2 Å². The van der Waals surface area contributed by atoms with Crippen LogP contribution in [0.15, 0.2) is 11.3 Å². The van der Waals surface area contributed by atoms with Crippen molar-refractivity contribution in [2.45, 2.75) is 58.8 Å². The molecule has 0 bridgehead atoms. The van der Waals surface area contributed by atoms with Gasteiger partial charge in [-0.15, -0.1) is 0 Å². The van der Waals surface area contributed by atoms with Crippen LogP contribution in [0, 0.1) is 11.3 Å². The molecule has 3 amide bonds. The molecule has 0 radical (unpaired) electrons. The van der Waals surface area contributed by atoms with E-state index in [1.807, 2.05) is 0 Å². The Kier molecular flexibility index (Phi) is 6.95. The molecule has 0 unspecified atom stereocenters. The molecule has 0 aromatic heterocycles. The number of esters is 1. The summed E-state index contributed by atoms with van der Waals surface area (Å²) in [5.41, 5.74) is 1.29. The fraction of sp³-hybridized carbons (Fsp3) is 0.750. The average molecular weight is 462 g/mol. The molecule has 2 saturated heterocycles. The molecule has 3 heterocycles. The molecule has 2 fully saturated rings. The van der Waals surface area contributed by atoms with Crippen molar-refractivity contribution in [1.29, 1.82) is 0 Å². The Bertz CT molecular complexity index is 843. The first-order valence-corrected chi connectivity index (χ1v) is 12.3. The molecule has 4 rings (SSSR count). The molecule has 1 aliphatic carbocycles. The number of rotatable bonds is 5. The van der Waals surface area contributed by atoms with Crippen molar-refractivity contribution in [1.82, 2.24) is 14.7 Å². The van der Waals surface area contributed by atoms with Gasteiger partial charge in [0, 0.05) is 50.8 Å². The summed E-state index contributed by atoms with van der Waals surface area (Å²) in [6.45, 7) is 6.44. The van der Waals surface area contributed by atoms with Crippen molar-refractivity contribution >= 4 is 23.9 Å². The third kappa shape index (κ3) is 4.34. The summed E-state index contributed by atoms with van der Waals surface area (Å²) in [7, 11) is 0. The number of ether oxygens (including phenoxy) is 2. The third-order valence-electron chi connectivity index (χ3n) is 7.46. The maximum Gasteiger partial charge on any atom is 0.409 e. The molecule has 0 spiro atoms. The predicted octanol–water partition coefficient (Wildman–Crippen LogP) is 2.31. The van der Waals surface area contributed by atoms with Gasteiger partial charge in [0.2, 0.25) is 11.8 Å². The van der Waals surface area contributed by atoms with Gasteiger partial charge in [-0.2, -0.15) is 0 Å². The second-order valence-electron chi connectivity index (χ2n) is 9.37. The molecule has 33 heavy (non-hydrogen) atoms. The molecular formula is C24H35N3O6. The van der Waals surface area contributed by atoms with Crippen LogP contribution in [0.2, 0.25) is 0 Å². The van der Waals surface area contributed by atoms with Crippen LogP contribution in [0.3, 0.4) is 0 Å². The normalized spacial score (nSPS) is 27.3. The van der Waals surface area contributed by atoms with Crippen molar-refractivity contribution in [2.24, 2.45) is 11.3 Å². The Labute approximate surface area is 195 Å². The standard InChI is InChI=1S/C24H35N3O6/c1-3-32-22(30)24-9-5-7-17-8-6-10-27(20(17)24)21(29)18(16-24)15-19(28)25-11-13-26(14-12-25)23(31)33-4-2/h18H,3-16H2,1-2H3/t18-,24-/m0/s1. The first-order chi connectivity index (χ1) is 15.9. The van der Waals surface area contributed by atoms with Gasteiger partial charge < -0.3 is 24.2 Å². The maximum atomic E-state index is 13.4. The Morgan fingerprint density at radius 1 is 0.939 bits per heavy atom. The summed E-state index contributed by atoms with van der Waals surface area (Å²) in [5.74, 6) is -0.929. The van der Waals surface area contributed by atoms with Crippen molar-refractivity contribution in [3.8, 4) is 0 Å². The lowest BCUT2D eigenvalue weighted by atomic mass is 9.63. The van der Waals surface area contributed by atoms with Crippen LogP contribution in [-0.2, 0) is 23.9 Å². The van der Waals surface area contributed by atoms with E-state index in [0.29, 0.717) is 58.8 Å². The Hall–Kier alpha value is -2.58. The van der Waals surface area contributed by atoms with Crippen molar-refractivity contribution in [2.75, 3.05) is 45.9 Å². The van der Waals surface area contributed by atoms with E-state index in [9.17, 15) is 19.2 Å². The number of amides is 3. The van der Waals surface area contributed by atoms with E-state index < -0.39 is 11.3 Å². The topological polar surface area (TPSA) is 96.5 Å². The SMILES string of the molecule is CCOC(=O)N1CCN(C(=O)C[C@H]2C[C@@]3(C(=O)OCC)CCCC4=C3N(CCC4)C2=O)CC1. The number of hydrogen-bond donors (Lipinski definition) is 0. The van der Waals surface area contributed by atoms with Crippen molar-refractivity contribution < 1.29 is 28.7 Å². The zero-order valence-corrected chi connectivity index (χ0v) is 19.8. The minimum atomic E-state index is -0.814. The van der Waals surface area contributed by atoms with E-state index in [-0.39, 0.29) is 30.3 Å². The van der Waals surface area contributed by atoms with E-state index in [4.69, 9.17) is 9.47 Å². The number of carbonyl (C=O) groups is 4. The molecule has 9 heteroatoms. The summed E-state index contributed by atoms with van der Waals surface area (Å²) in [5, 5.41) is 0. The number of nitrogens with zero attached hydrogens (tertiary/aromatic N) is 3. The Balaban J connectivity index is 1.49. The summed E-state index contributed by atoms with van der Waals surface area (Å²) in [6.07, 6.45) is 4.37. The zero-order chi connectivity index (χ0) is 23.6. The lowest BCUT2D eigenvalue weighted by Crippen LogP contribution is -2.57. The quantitative estimate of drug-likeness (QED) is 0.583. The molecule has 9 nitrogen and oxygen atoms in total. The molecule has 0 N–H and O–H groups in total. The monoisotopic (exact) mass is 461 g/mol. The van der Waals surface area contributed by atoms with Crippen LogP contribution in [0.5, 0.6) is 0 Å². The number of hydrogen-bond acceptors (Lipinski definition) is 6. The highest BCUT2D eigenvalue weighted by molar-refractivity contribution is 5.92. The summed E-state index contributed by atoms with van der Waals surface area (Å²) in [6, 6.07) is 0. The van der Waals surface area contributed by atoms with Crippen LogP contribution in [0.4, 0.5) is 4.79 Å². The lowest BCUT2D eigenvalue weighted by molar-refractivity contribution is -0.163. The first kappa shape index (κ1) is 23.6. The number of piperazine rings is 1. The smallest absolute Gasteiger partial charge is 0.409 e. The Morgan fingerprint density at radius 2 is 1.61 bits per heavy atom. The zero-order valence-electron chi connectivity index (χ0n) is 19.8. The van der Waals surface area contributed by atoms with Crippen LogP contribution in [0.1, 0.15) is 58.8 Å². The van der Waals surface area contributed by atoms with Crippen molar-refractivity contribution in [3.05, 3.63) is 11.3 Å². The highest BCUT2D eigenvalue weighted by Gasteiger charge is 2.56. The van der Waals surface area contributed by atoms with Gasteiger partial charge in [-0.05, 0) is 57.9 Å². The van der Waals surface area contributed by atoms with Gasteiger partial charge >= 0.3 is 12.1 Å². The van der Waals surface area contributed by atoms with Crippen LogP contribution >= 0.6 is 0 Å². The molecule has 4 aliphatic rings. The predicted molar refractivity (Wildman–Crippen MR) is 119 cm³/mol. The summed E-state index contributed by atoms with van der Waals surface area (Å²) < 4.78 is 10.5. The molecule has 182 valence electrons. The number of carbonyl (C=O) groups excluding carboxylic acids is 4. The first-order valence-electron chi connectivity index (χ1n) is 12.3. The minimum Gasteiger partial charge on any atom is -0.465 e. The number of allylic oxidation sites excluding steroid dienone is 1. The number of piperidine rings is 1. The molecule has 2 atom stereocenters. The second kappa shape index (κ2) is 9.73. The van der Waals surface area contributed by atoms with Crippen molar-refractivity contribution in [3.63, 3.8) is 0 Å².